The summed E-state index contributed by atoms with van der Waals surface area (Å²) in [7, 11) is -0.378. The minimum Gasteiger partial charge on any atom is -0.363 e. The van der Waals surface area contributed by atoms with Crippen molar-refractivity contribution in [1.82, 2.24) is 5.32 Å². The van der Waals surface area contributed by atoms with E-state index in [-0.39, 0.29) is 13.8 Å². The molecule has 0 amide bonds. The Balaban J connectivity index is 1.30. The van der Waals surface area contributed by atoms with Crippen molar-refractivity contribution < 1.29 is 0 Å². The third-order valence-corrected chi connectivity index (χ3v) is 9.98. The van der Waals surface area contributed by atoms with Crippen molar-refractivity contribution in [3.8, 4) is 0 Å². The van der Waals surface area contributed by atoms with Gasteiger partial charge in [-0.15, -0.1) is 0 Å². The third-order valence-electron chi connectivity index (χ3n) is 7.12. The van der Waals surface area contributed by atoms with Gasteiger partial charge in [0.25, 0.3) is 0 Å². The minimum atomic E-state index is -0.378. The lowest BCUT2D eigenvalue weighted by Crippen LogP contribution is -2.34. The lowest BCUT2D eigenvalue weighted by molar-refractivity contribution is 0.497. The van der Waals surface area contributed by atoms with Gasteiger partial charge in [0, 0.05) is 23.5 Å². The van der Waals surface area contributed by atoms with Crippen LogP contribution in [0.4, 0.5) is 0 Å². The number of nitrogens with one attached hydrogen (secondary N) is 1. The summed E-state index contributed by atoms with van der Waals surface area (Å²) in [4.78, 5) is 4.99. The molecule has 3 heteroatoms. The van der Waals surface area contributed by atoms with Crippen LogP contribution in [0, 0.1) is 5.92 Å². The summed E-state index contributed by atoms with van der Waals surface area (Å²) in [5.74, 6) is 0.812. The van der Waals surface area contributed by atoms with Gasteiger partial charge in [-0.1, -0.05) is 54.7 Å². The van der Waals surface area contributed by atoms with Crippen LogP contribution in [0.25, 0.3) is 0 Å². The second-order valence-corrected chi connectivity index (χ2v) is 11.7. The maximum atomic E-state index is 4.99. The molecule has 0 saturated heterocycles. The van der Waals surface area contributed by atoms with Crippen LogP contribution in [0.5, 0.6) is 0 Å². The Morgan fingerprint density at radius 3 is 2.52 bits per heavy atom. The van der Waals surface area contributed by atoms with Gasteiger partial charge in [-0.25, -0.2) is 0 Å². The van der Waals surface area contributed by atoms with Crippen LogP contribution < -0.4 is 5.32 Å². The van der Waals surface area contributed by atoms with Gasteiger partial charge in [0.15, 0.2) is 0 Å². The molecule has 5 aliphatic rings. The van der Waals surface area contributed by atoms with E-state index in [1.54, 1.807) is 10.9 Å². The van der Waals surface area contributed by atoms with E-state index in [0.29, 0.717) is 11.6 Å². The van der Waals surface area contributed by atoms with Gasteiger partial charge in [-0.05, 0) is 94.7 Å². The lowest BCUT2D eigenvalue weighted by atomic mass is 9.83. The van der Waals surface area contributed by atoms with Crippen LogP contribution in [-0.2, 0) is 0 Å². The van der Waals surface area contributed by atoms with Crippen LogP contribution in [0.3, 0.4) is 0 Å². The average Bonchev–Trinajstić information content (AvgIpc) is 2.86. The zero-order valence-electron chi connectivity index (χ0n) is 18.5. The van der Waals surface area contributed by atoms with Gasteiger partial charge >= 0.3 is 0 Å². The fourth-order valence-corrected chi connectivity index (χ4v) is 8.32. The van der Waals surface area contributed by atoms with Gasteiger partial charge < -0.3 is 5.32 Å². The second kappa shape index (κ2) is 10.1. The van der Waals surface area contributed by atoms with Gasteiger partial charge in [0.2, 0.25) is 0 Å². The van der Waals surface area contributed by atoms with E-state index in [0.717, 1.165) is 6.42 Å². The summed E-state index contributed by atoms with van der Waals surface area (Å²) in [6.45, 7) is 0. The molecule has 5 rings (SSSR count). The molecule has 4 unspecified atom stereocenters. The molecule has 0 aromatic carbocycles. The molecule has 0 fully saturated rings. The maximum Gasteiger partial charge on any atom is 0.142 e. The molecule has 1 N–H and O–H groups in total. The van der Waals surface area contributed by atoms with Gasteiger partial charge in [-0.3, -0.25) is 4.99 Å². The first-order chi connectivity index (χ1) is 15.4. The monoisotopic (exact) mass is 430 g/mol. The molecule has 0 saturated carbocycles. The Bertz CT molecular complexity index is 911. The third kappa shape index (κ3) is 4.96. The number of hydrogen-bond donors (Lipinski definition) is 1. The molecule has 4 aliphatic carbocycles. The summed E-state index contributed by atoms with van der Waals surface area (Å²) in [5.41, 5.74) is 5.09. The Kier molecular flexibility index (Phi) is 6.85. The Morgan fingerprint density at radius 1 is 0.903 bits per heavy atom. The molecule has 0 aromatic heterocycles. The number of nitrogens with zero attached hydrogens (tertiary/aromatic N) is 1. The fraction of sp³-hybridized carbons (Fsp3) is 0.464. The van der Waals surface area contributed by atoms with Crippen molar-refractivity contribution in [2.45, 2.75) is 75.8 Å². The lowest BCUT2D eigenvalue weighted by Gasteiger charge is -2.38. The van der Waals surface area contributed by atoms with Gasteiger partial charge in [0.1, 0.15) is 5.91 Å². The largest absolute Gasteiger partial charge is 0.363 e. The van der Waals surface area contributed by atoms with Crippen molar-refractivity contribution in [2.24, 2.45) is 10.9 Å². The summed E-state index contributed by atoms with van der Waals surface area (Å²) < 4.78 is 0. The number of aliphatic imine (C=N–C) groups is 1. The molecular weight excluding hydrogens is 395 g/mol. The van der Waals surface area contributed by atoms with Crippen LogP contribution in [0.2, 0.25) is 0 Å². The Hall–Kier alpha value is -1.92. The topological polar surface area (TPSA) is 24.4 Å². The van der Waals surface area contributed by atoms with Crippen molar-refractivity contribution in [3.63, 3.8) is 0 Å². The van der Waals surface area contributed by atoms with Crippen LogP contribution in [0.1, 0.15) is 64.2 Å². The maximum absolute atomic E-state index is 4.99. The predicted molar refractivity (Wildman–Crippen MR) is 136 cm³/mol. The van der Waals surface area contributed by atoms with E-state index in [1.807, 2.05) is 0 Å². The molecule has 2 nitrogen and oxygen atoms in total. The minimum absolute atomic E-state index is 0.214. The molecule has 0 radical (unpaired) electrons. The smallest absolute Gasteiger partial charge is 0.142 e. The van der Waals surface area contributed by atoms with Crippen LogP contribution >= 0.6 is 7.92 Å². The SMILES string of the molecule is C1=CC(C2=CCC(C3=CC=NC(P(C4=CCCC=C4)C4C=CCCC4)N3)CC2)=CCC1. The first kappa shape index (κ1) is 21.0. The van der Waals surface area contributed by atoms with Crippen LogP contribution in [0.15, 0.2) is 87.9 Å². The molecule has 31 heavy (non-hydrogen) atoms. The fourth-order valence-electron chi connectivity index (χ4n) is 5.40. The number of allylic oxidation sites excluding steroid dienone is 14. The summed E-state index contributed by atoms with van der Waals surface area (Å²) in [5, 5.41) is 5.49. The highest BCUT2D eigenvalue weighted by molar-refractivity contribution is 7.64. The van der Waals surface area contributed by atoms with Crippen molar-refractivity contribution in [1.29, 1.82) is 0 Å². The van der Waals surface area contributed by atoms with E-state index in [1.165, 1.54) is 69.1 Å². The van der Waals surface area contributed by atoms with E-state index in [4.69, 9.17) is 4.99 Å². The quantitative estimate of drug-likeness (QED) is 0.351. The van der Waals surface area contributed by atoms with Crippen molar-refractivity contribution in [3.05, 3.63) is 82.9 Å². The highest BCUT2D eigenvalue weighted by atomic mass is 31.1. The van der Waals surface area contributed by atoms with E-state index in [9.17, 15) is 0 Å². The highest BCUT2D eigenvalue weighted by Crippen LogP contribution is 2.58. The summed E-state index contributed by atoms with van der Waals surface area (Å²) in [6, 6.07) is 0. The molecule has 0 spiro atoms. The first-order valence-corrected chi connectivity index (χ1v) is 13.7. The molecule has 0 aromatic rings. The number of rotatable bonds is 5. The normalized spacial score (nSPS) is 31.3. The van der Waals surface area contributed by atoms with Crippen LogP contribution in [-0.4, -0.2) is 17.8 Å². The molecule has 4 atom stereocenters. The average molecular weight is 431 g/mol. The standard InChI is InChI=1S/C28H35N2P/c1-4-10-22(11-5-1)23-16-18-24(19-17-23)27-20-21-29-28(30-27)31(25-12-6-2-7-13-25)26-14-8-3-9-15-26/h4,6,8,10-14,16,20-21,24,26,28,30H,1-3,5,7,9,15,17-19H2. The molecule has 162 valence electrons. The highest BCUT2D eigenvalue weighted by Gasteiger charge is 2.33. The Labute approximate surface area is 189 Å². The van der Waals surface area contributed by atoms with Gasteiger partial charge in [-0.2, -0.15) is 0 Å². The first-order valence-electron chi connectivity index (χ1n) is 12.3. The predicted octanol–water partition coefficient (Wildman–Crippen LogP) is 7.66. The molecular formula is C28H35N2P. The van der Waals surface area contributed by atoms with E-state index in [2.05, 4.69) is 72.3 Å². The van der Waals surface area contributed by atoms with Crippen molar-refractivity contribution >= 4 is 14.1 Å². The zero-order chi connectivity index (χ0) is 20.9. The summed E-state index contributed by atoms with van der Waals surface area (Å²) >= 11 is 0. The zero-order valence-corrected chi connectivity index (χ0v) is 19.4. The Morgan fingerprint density at radius 2 is 1.81 bits per heavy atom. The van der Waals surface area contributed by atoms with E-state index >= 15 is 0 Å². The van der Waals surface area contributed by atoms with Gasteiger partial charge in [0.05, 0.1) is 0 Å². The van der Waals surface area contributed by atoms with E-state index < -0.39 is 0 Å². The molecule has 1 heterocycles. The molecule has 0 bridgehead atoms. The summed E-state index contributed by atoms with van der Waals surface area (Å²) in [6.07, 6.45) is 38.2. The van der Waals surface area contributed by atoms with Crippen molar-refractivity contribution in [2.75, 3.05) is 0 Å². The number of hydrogen-bond acceptors (Lipinski definition) is 2. The molecule has 1 aliphatic heterocycles. The second-order valence-electron chi connectivity index (χ2n) is 9.22.